The summed E-state index contributed by atoms with van der Waals surface area (Å²) in [6.45, 7) is 4.74. The van der Waals surface area contributed by atoms with Gasteiger partial charge in [0.25, 0.3) is 0 Å². The molecular weight excluding hydrogens is 322 g/mol. The van der Waals surface area contributed by atoms with Crippen LogP contribution in [0.4, 0.5) is 0 Å². The smallest absolute Gasteiger partial charge is 0.191 e. The SMILES string of the molecule is CCNC(=NCc1cccc(Cl)c1)NCc1ccccc1COC. The number of ether oxygens (including phenoxy) is 1. The number of halogens is 1. The first-order valence-electron chi connectivity index (χ1n) is 8.05. The molecule has 0 spiro atoms. The lowest BCUT2D eigenvalue weighted by atomic mass is 10.1. The second-order valence-corrected chi connectivity index (χ2v) is 5.82. The summed E-state index contributed by atoms with van der Waals surface area (Å²) in [7, 11) is 1.71. The fourth-order valence-electron chi connectivity index (χ4n) is 2.35. The lowest BCUT2D eigenvalue weighted by Crippen LogP contribution is -2.37. The zero-order chi connectivity index (χ0) is 17.2. The van der Waals surface area contributed by atoms with Gasteiger partial charge in [0.2, 0.25) is 0 Å². The summed E-state index contributed by atoms with van der Waals surface area (Å²) in [5.41, 5.74) is 3.46. The Morgan fingerprint density at radius 2 is 1.88 bits per heavy atom. The Morgan fingerprint density at radius 3 is 2.58 bits per heavy atom. The van der Waals surface area contributed by atoms with E-state index in [1.54, 1.807) is 7.11 Å². The molecule has 0 heterocycles. The molecule has 0 aliphatic carbocycles. The molecule has 0 bridgehead atoms. The molecule has 0 fully saturated rings. The van der Waals surface area contributed by atoms with Crippen LogP contribution in [0, 0.1) is 0 Å². The molecule has 128 valence electrons. The summed E-state index contributed by atoms with van der Waals surface area (Å²) in [5.74, 6) is 0.782. The maximum Gasteiger partial charge on any atom is 0.191 e. The van der Waals surface area contributed by atoms with Crippen LogP contribution in [0.1, 0.15) is 23.6 Å². The number of hydrogen-bond donors (Lipinski definition) is 2. The molecule has 0 aromatic heterocycles. The Hall–Kier alpha value is -2.04. The minimum Gasteiger partial charge on any atom is -0.380 e. The van der Waals surface area contributed by atoms with Gasteiger partial charge in [-0.05, 0) is 35.7 Å². The standard InChI is InChI=1S/C19H24ClN3O/c1-3-21-19(22-12-15-7-6-10-18(20)11-15)23-13-16-8-4-5-9-17(16)14-24-2/h4-11H,3,12-14H2,1-2H3,(H2,21,22,23). The zero-order valence-corrected chi connectivity index (χ0v) is 14.9. The second-order valence-electron chi connectivity index (χ2n) is 5.38. The van der Waals surface area contributed by atoms with Crippen molar-refractivity contribution in [1.82, 2.24) is 10.6 Å². The molecule has 2 rings (SSSR count). The molecule has 24 heavy (non-hydrogen) atoms. The molecule has 4 nitrogen and oxygen atoms in total. The summed E-state index contributed by atoms with van der Waals surface area (Å²) in [4.78, 5) is 4.62. The molecule has 5 heteroatoms. The normalized spacial score (nSPS) is 11.4. The minimum absolute atomic E-state index is 0.579. The van der Waals surface area contributed by atoms with Gasteiger partial charge in [-0.3, -0.25) is 0 Å². The van der Waals surface area contributed by atoms with E-state index in [9.17, 15) is 0 Å². The van der Waals surface area contributed by atoms with E-state index in [4.69, 9.17) is 16.3 Å². The van der Waals surface area contributed by atoms with Crippen molar-refractivity contribution in [2.24, 2.45) is 4.99 Å². The van der Waals surface area contributed by atoms with Crippen LogP contribution in [0.2, 0.25) is 5.02 Å². The monoisotopic (exact) mass is 345 g/mol. The van der Waals surface area contributed by atoms with E-state index in [0.717, 1.165) is 23.1 Å². The highest BCUT2D eigenvalue weighted by molar-refractivity contribution is 6.30. The highest BCUT2D eigenvalue weighted by Crippen LogP contribution is 2.12. The van der Waals surface area contributed by atoms with E-state index < -0.39 is 0 Å². The van der Waals surface area contributed by atoms with E-state index in [1.165, 1.54) is 11.1 Å². The number of methoxy groups -OCH3 is 1. The molecule has 0 saturated heterocycles. The fourth-order valence-corrected chi connectivity index (χ4v) is 2.57. The number of guanidine groups is 1. The fraction of sp³-hybridized carbons (Fsp3) is 0.316. The van der Waals surface area contributed by atoms with E-state index in [2.05, 4.69) is 34.7 Å². The quantitative estimate of drug-likeness (QED) is 0.593. The number of nitrogens with one attached hydrogen (secondary N) is 2. The zero-order valence-electron chi connectivity index (χ0n) is 14.2. The highest BCUT2D eigenvalue weighted by atomic mass is 35.5. The number of hydrogen-bond acceptors (Lipinski definition) is 2. The van der Waals surface area contributed by atoms with E-state index in [0.29, 0.717) is 19.7 Å². The van der Waals surface area contributed by atoms with E-state index in [-0.39, 0.29) is 0 Å². The van der Waals surface area contributed by atoms with Gasteiger partial charge in [-0.25, -0.2) is 4.99 Å². The Labute approximate surface area is 148 Å². The summed E-state index contributed by atoms with van der Waals surface area (Å²) in [5, 5.41) is 7.37. The lowest BCUT2D eigenvalue weighted by Gasteiger charge is -2.14. The molecule has 0 atom stereocenters. The average molecular weight is 346 g/mol. The molecular formula is C19H24ClN3O. The third-order valence-corrected chi connectivity index (χ3v) is 3.75. The van der Waals surface area contributed by atoms with Crippen molar-refractivity contribution in [2.45, 2.75) is 26.6 Å². The molecule has 2 N–H and O–H groups in total. The molecule has 0 unspecified atom stereocenters. The minimum atomic E-state index is 0.579. The molecule has 0 saturated carbocycles. The molecule has 0 aliphatic rings. The largest absolute Gasteiger partial charge is 0.380 e. The Balaban J connectivity index is 2.02. The van der Waals surface area contributed by atoms with Gasteiger partial charge in [0.1, 0.15) is 0 Å². The Bertz CT molecular complexity index is 673. The number of aliphatic imine (C=N–C) groups is 1. The summed E-state index contributed by atoms with van der Waals surface area (Å²) < 4.78 is 5.25. The predicted molar refractivity (Wildman–Crippen MR) is 100 cm³/mol. The van der Waals surface area contributed by atoms with Gasteiger partial charge in [0.05, 0.1) is 13.2 Å². The second kappa shape index (κ2) is 9.96. The molecule has 0 radical (unpaired) electrons. The topological polar surface area (TPSA) is 45.7 Å². The van der Waals surface area contributed by atoms with Crippen LogP contribution in [0.15, 0.2) is 53.5 Å². The maximum atomic E-state index is 6.02. The van der Waals surface area contributed by atoms with Crippen LogP contribution in [-0.4, -0.2) is 19.6 Å². The van der Waals surface area contributed by atoms with Crippen molar-refractivity contribution in [2.75, 3.05) is 13.7 Å². The van der Waals surface area contributed by atoms with Gasteiger partial charge < -0.3 is 15.4 Å². The van der Waals surface area contributed by atoms with Gasteiger partial charge in [-0.2, -0.15) is 0 Å². The van der Waals surface area contributed by atoms with Crippen molar-refractivity contribution in [1.29, 1.82) is 0 Å². The van der Waals surface area contributed by atoms with Gasteiger partial charge in [0, 0.05) is 25.2 Å². The summed E-state index contributed by atoms with van der Waals surface area (Å²) >= 11 is 6.02. The number of nitrogens with zero attached hydrogens (tertiary/aromatic N) is 1. The summed E-state index contributed by atoms with van der Waals surface area (Å²) in [6, 6.07) is 16.0. The number of benzene rings is 2. The molecule has 0 aliphatic heterocycles. The first-order chi connectivity index (χ1) is 11.7. The summed E-state index contributed by atoms with van der Waals surface area (Å²) in [6.07, 6.45) is 0. The van der Waals surface area contributed by atoms with Gasteiger partial charge in [-0.1, -0.05) is 48.0 Å². The van der Waals surface area contributed by atoms with Crippen LogP contribution in [0.25, 0.3) is 0 Å². The van der Waals surface area contributed by atoms with Crippen LogP contribution in [0.3, 0.4) is 0 Å². The average Bonchev–Trinajstić information content (AvgIpc) is 2.59. The lowest BCUT2D eigenvalue weighted by molar-refractivity contribution is 0.184. The van der Waals surface area contributed by atoms with Crippen molar-refractivity contribution in [3.05, 3.63) is 70.2 Å². The first kappa shape index (κ1) is 18.3. The van der Waals surface area contributed by atoms with Crippen molar-refractivity contribution in [3.8, 4) is 0 Å². The third kappa shape index (κ3) is 5.87. The predicted octanol–water partition coefficient (Wildman–Crippen LogP) is 3.74. The number of rotatable bonds is 7. The highest BCUT2D eigenvalue weighted by Gasteiger charge is 2.03. The van der Waals surface area contributed by atoms with Gasteiger partial charge in [0.15, 0.2) is 5.96 Å². The first-order valence-corrected chi connectivity index (χ1v) is 8.43. The van der Waals surface area contributed by atoms with Gasteiger partial charge in [-0.15, -0.1) is 0 Å². The van der Waals surface area contributed by atoms with Crippen molar-refractivity contribution in [3.63, 3.8) is 0 Å². The Morgan fingerprint density at radius 1 is 1.08 bits per heavy atom. The molecule has 0 amide bonds. The van der Waals surface area contributed by atoms with Gasteiger partial charge >= 0.3 is 0 Å². The molecule has 2 aromatic rings. The van der Waals surface area contributed by atoms with Crippen LogP contribution >= 0.6 is 11.6 Å². The van der Waals surface area contributed by atoms with E-state index >= 15 is 0 Å². The van der Waals surface area contributed by atoms with Crippen molar-refractivity contribution >= 4 is 17.6 Å². The van der Waals surface area contributed by atoms with Crippen molar-refractivity contribution < 1.29 is 4.74 Å². The van der Waals surface area contributed by atoms with E-state index in [1.807, 2.05) is 36.4 Å². The van der Waals surface area contributed by atoms with Crippen LogP contribution in [-0.2, 0) is 24.4 Å². The maximum absolute atomic E-state index is 6.02. The third-order valence-electron chi connectivity index (χ3n) is 3.52. The molecule has 2 aromatic carbocycles. The Kier molecular flexibility index (Phi) is 7.59. The van der Waals surface area contributed by atoms with Crippen LogP contribution < -0.4 is 10.6 Å². The van der Waals surface area contributed by atoms with Crippen LogP contribution in [0.5, 0.6) is 0 Å².